The second-order valence-electron chi connectivity index (χ2n) is 5.95. The van der Waals surface area contributed by atoms with Crippen LogP contribution in [-0.4, -0.2) is 14.8 Å². The normalized spacial score (nSPS) is 10.9. The molecule has 0 bridgehead atoms. The van der Waals surface area contributed by atoms with Gasteiger partial charge < -0.3 is 0 Å². The van der Waals surface area contributed by atoms with Crippen molar-refractivity contribution >= 4 is 0 Å². The minimum atomic E-state index is -0.276. The lowest BCUT2D eigenvalue weighted by molar-refractivity contribution is 0.627. The van der Waals surface area contributed by atoms with Crippen molar-refractivity contribution in [2.24, 2.45) is 0 Å². The summed E-state index contributed by atoms with van der Waals surface area (Å²) in [5, 5.41) is 4.63. The van der Waals surface area contributed by atoms with Crippen LogP contribution in [0.1, 0.15) is 63.8 Å². The Hall–Kier alpha value is -1.97. The smallest absolute Gasteiger partial charge is 0.244 e. The Morgan fingerprint density at radius 1 is 0.870 bits per heavy atom. The van der Waals surface area contributed by atoms with Gasteiger partial charge in [0.2, 0.25) is 0 Å². The first-order valence-corrected chi connectivity index (χ1v) is 8.80. The number of para-hydroxylation sites is 1. The summed E-state index contributed by atoms with van der Waals surface area (Å²) in [5.41, 5.74) is 2.38. The first-order chi connectivity index (χ1) is 11.3. The topological polar surface area (TPSA) is 47.8 Å². The summed E-state index contributed by atoms with van der Waals surface area (Å²) in [6, 6.07) is 9.54. The molecule has 4 nitrogen and oxygen atoms in total. The zero-order chi connectivity index (χ0) is 16.5. The molecule has 2 aromatic rings. The second kappa shape index (κ2) is 9.23. The minimum Gasteiger partial charge on any atom is -0.244 e. The summed E-state index contributed by atoms with van der Waals surface area (Å²) in [4.78, 5) is 16.7. The summed E-state index contributed by atoms with van der Waals surface area (Å²) < 4.78 is 1.44. The molecule has 0 aliphatic heterocycles. The lowest BCUT2D eigenvalue weighted by Crippen LogP contribution is -2.27. The van der Waals surface area contributed by atoms with Crippen molar-refractivity contribution < 1.29 is 0 Å². The zero-order valence-electron chi connectivity index (χ0n) is 14.3. The molecule has 0 atom stereocenters. The molecule has 124 valence electrons. The lowest BCUT2D eigenvalue weighted by atomic mass is 10.1. The fraction of sp³-hybridized carbons (Fsp3) is 0.526. The number of hydrogen-bond acceptors (Lipinski definition) is 3. The molecule has 23 heavy (non-hydrogen) atoms. The molecule has 0 spiro atoms. The second-order valence-corrected chi connectivity index (χ2v) is 5.95. The average Bonchev–Trinajstić information content (AvgIpc) is 2.58. The Morgan fingerprint density at radius 2 is 1.48 bits per heavy atom. The number of unbranched alkanes of at least 4 members (excludes halogenated alkanes) is 4. The van der Waals surface area contributed by atoms with E-state index in [0.29, 0.717) is 0 Å². The fourth-order valence-electron chi connectivity index (χ4n) is 2.67. The van der Waals surface area contributed by atoms with Gasteiger partial charge in [0.15, 0.2) is 0 Å². The monoisotopic (exact) mass is 313 g/mol. The number of hydrogen-bond donors (Lipinski definition) is 0. The average molecular weight is 313 g/mol. The van der Waals surface area contributed by atoms with Crippen LogP contribution in [0.4, 0.5) is 0 Å². The van der Waals surface area contributed by atoms with Gasteiger partial charge in [0.05, 0.1) is 17.1 Å². The van der Waals surface area contributed by atoms with Crippen LogP contribution >= 0.6 is 0 Å². The van der Waals surface area contributed by atoms with Gasteiger partial charge in [-0.2, -0.15) is 14.8 Å². The van der Waals surface area contributed by atoms with Crippen LogP contribution in [0, 0.1) is 0 Å². The summed E-state index contributed by atoms with van der Waals surface area (Å²) in [7, 11) is 0. The van der Waals surface area contributed by atoms with Gasteiger partial charge in [-0.25, -0.2) is 4.79 Å². The standard InChI is InChI=1S/C19H27N3O/c1-3-5-8-14-17-18(15-9-6-4-2)21-22(19(23)20-17)16-12-10-7-11-13-16/h7,10-13H,3-6,8-9,14-15H2,1-2H3. The molecule has 0 unspecified atom stereocenters. The molecule has 0 saturated carbocycles. The predicted octanol–water partition coefficient (Wildman–Crippen LogP) is 4.09. The first-order valence-electron chi connectivity index (χ1n) is 8.80. The van der Waals surface area contributed by atoms with E-state index in [-0.39, 0.29) is 5.69 Å². The van der Waals surface area contributed by atoms with Gasteiger partial charge >= 0.3 is 5.69 Å². The predicted molar refractivity (Wildman–Crippen MR) is 94.1 cm³/mol. The van der Waals surface area contributed by atoms with Gasteiger partial charge in [-0.05, 0) is 37.8 Å². The molecule has 0 fully saturated rings. The van der Waals surface area contributed by atoms with Crippen LogP contribution in [-0.2, 0) is 12.8 Å². The van der Waals surface area contributed by atoms with E-state index >= 15 is 0 Å². The maximum atomic E-state index is 12.3. The summed E-state index contributed by atoms with van der Waals surface area (Å²) in [6.07, 6.45) is 8.61. The highest BCUT2D eigenvalue weighted by atomic mass is 16.1. The van der Waals surface area contributed by atoms with Crippen LogP contribution < -0.4 is 5.69 Å². The van der Waals surface area contributed by atoms with E-state index in [9.17, 15) is 4.79 Å². The van der Waals surface area contributed by atoms with Crippen molar-refractivity contribution in [2.45, 2.75) is 65.2 Å². The summed E-state index contributed by atoms with van der Waals surface area (Å²) in [6.45, 7) is 4.37. The van der Waals surface area contributed by atoms with Crippen LogP contribution in [0.25, 0.3) is 5.69 Å². The number of rotatable bonds is 9. The fourth-order valence-corrected chi connectivity index (χ4v) is 2.67. The maximum Gasteiger partial charge on any atom is 0.369 e. The highest BCUT2D eigenvalue weighted by molar-refractivity contribution is 5.29. The van der Waals surface area contributed by atoms with Crippen molar-refractivity contribution in [2.75, 3.05) is 0 Å². The molecule has 1 aromatic heterocycles. The maximum absolute atomic E-state index is 12.3. The first kappa shape index (κ1) is 17.4. The molecule has 1 heterocycles. The Balaban J connectivity index is 2.31. The van der Waals surface area contributed by atoms with Gasteiger partial charge in [0, 0.05) is 0 Å². The van der Waals surface area contributed by atoms with Gasteiger partial charge in [-0.3, -0.25) is 0 Å². The van der Waals surface area contributed by atoms with Crippen LogP contribution in [0.3, 0.4) is 0 Å². The summed E-state index contributed by atoms with van der Waals surface area (Å²) in [5.74, 6) is 0. The molecule has 0 N–H and O–H groups in total. The SMILES string of the molecule is CCCCCc1nc(=O)n(-c2ccccc2)nc1CCCCC. The molecule has 0 saturated heterocycles. The van der Waals surface area contributed by atoms with Gasteiger partial charge in [0.25, 0.3) is 0 Å². The zero-order valence-corrected chi connectivity index (χ0v) is 14.3. The molecule has 0 aliphatic rings. The number of aryl methyl sites for hydroxylation is 2. The molecule has 2 rings (SSSR count). The van der Waals surface area contributed by atoms with E-state index in [1.54, 1.807) is 0 Å². The highest BCUT2D eigenvalue weighted by Crippen LogP contribution is 2.12. The number of nitrogens with zero attached hydrogens (tertiary/aromatic N) is 3. The molecule has 0 radical (unpaired) electrons. The molecular weight excluding hydrogens is 286 g/mol. The van der Waals surface area contributed by atoms with Crippen molar-refractivity contribution in [3.8, 4) is 5.69 Å². The van der Waals surface area contributed by atoms with Crippen molar-refractivity contribution in [1.82, 2.24) is 14.8 Å². The van der Waals surface area contributed by atoms with Crippen LogP contribution in [0.15, 0.2) is 35.1 Å². The molecular formula is C19H27N3O. The van der Waals surface area contributed by atoms with Gasteiger partial charge in [-0.15, -0.1) is 0 Å². The third-order valence-corrected chi connectivity index (χ3v) is 4.00. The van der Waals surface area contributed by atoms with Gasteiger partial charge in [-0.1, -0.05) is 57.7 Å². The van der Waals surface area contributed by atoms with E-state index in [0.717, 1.165) is 49.2 Å². The highest BCUT2D eigenvalue weighted by Gasteiger charge is 2.11. The molecule has 4 heteroatoms. The largest absolute Gasteiger partial charge is 0.369 e. The van der Waals surface area contributed by atoms with E-state index in [1.807, 2.05) is 30.3 Å². The van der Waals surface area contributed by atoms with E-state index in [2.05, 4.69) is 23.9 Å². The third kappa shape index (κ3) is 5.02. The number of aromatic nitrogens is 3. The third-order valence-electron chi connectivity index (χ3n) is 4.00. The Morgan fingerprint density at radius 3 is 2.09 bits per heavy atom. The Kier molecular flexibility index (Phi) is 6.98. The Bertz CT molecular complexity index is 649. The van der Waals surface area contributed by atoms with E-state index < -0.39 is 0 Å². The molecule has 0 amide bonds. The number of benzene rings is 1. The quantitative estimate of drug-likeness (QED) is 0.655. The minimum absolute atomic E-state index is 0.276. The van der Waals surface area contributed by atoms with Crippen LogP contribution in [0.5, 0.6) is 0 Å². The van der Waals surface area contributed by atoms with E-state index in [4.69, 9.17) is 0 Å². The Labute approximate surface area is 138 Å². The molecule has 1 aromatic carbocycles. The van der Waals surface area contributed by atoms with Crippen molar-refractivity contribution in [3.63, 3.8) is 0 Å². The van der Waals surface area contributed by atoms with Crippen LogP contribution in [0.2, 0.25) is 0 Å². The van der Waals surface area contributed by atoms with Crippen molar-refractivity contribution in [3.05, 3.63) is 52.2 Å². The van der Waals surface area contributed by atoms with Gasteiger partial charge in [0.1, 0.15) is 0 Å². The summed E-state index contributed by atoms with van der Waals surface area (Å²) >= 11 is 0. The molecule has 0 aliphatic carbocycles. The van der Waals surface area contributed by atoms with E-state index in [1.165, 1.54) is 23.9 Å². The van der Waals surface area contributed by atoms with Crippen molar-refractivity contribution in [1.29, 1.82) is 0 Å². The lowest BCUT2D eigenvalue weighted by Gasteiger charge is -2.11.